The van der Waals surface area contributed by atoms with E-state index in [2.05, 4.69) is 34.2 Å². The van der Waals surface area contributed by atoms with Crippen molar-refractivity contribution >= 4 is 62.3 Å². The number of aryl methyl sites for hydroxylation is 3. The molecule has 3 aliphatic carbocycles. The number of rotatable bonds is 12. The van der Waals surface area contributed by atoms with E-state index in [0.717, 1.165) is 60.6 Å². The van der Waals surface area contributed by atoms with Crippen LogP contribution >= 0.6 is 62.3 Å². The van der Waals surface area contributed by atoms with Crippen molar-refractivity contribution in [3.8, 4) is 0 Å². The molecule has 3 saturated carbocycles. The predicted octanol–water partition coefficient (Wildman–Crippen LogP) is 17.5. The van der Waals surface area contributed by atoms with Crippen molar-refractivity contribution in [1.82, 2.24) is 0 Å². The molecule has 3 fully saturated rings. The molecule has 6 rings (SSSR count). The number of halogens is 9. The first-order chi connectivity index (χ1) is 27.6. The Morgan fingerprint density at radius 2 is 0.807 bits per heavy atom. The number of hydrogen-bond acceptors (Lipinski definition) is 0. The molecule has 0 bridgehead atoms. The van der Waals surface area contributed by atoms with Gasteiger partial charge in [0.05, 0.1) is 9.50 Å². The first-order valence-electron chi connectivity index (χ1n) is 20.7. The molecule has 0 amide bonds. The maximum Gasteiger partial charge on any atom is 0.159 e. The van der Waals surface area contributed by atoms with Gasteiger partial charge < -0.3 is 0 Å². The van der Waals surface area contributed by atoms with Crippen molar-refractivity contribution in [2.75, 3.05) is 0 Å². The Hall–Kier alpha value is -1.76. The van der Waals surface area contributed by atoms with Gasteiger partial charge in [-0.25, -0.2) is 17.6 Å². The van der Waals surface area contributed by atoms with E-state index >= 15 is 0 Å². The molecule has 0 heterocycles. The fourth-order valence-corrected chi connectivity index (χ4v) is 9.50. The van der Waals surface area contributed by atoms with Crippen LogP contribution in [0.3, 0.4) is 0 Å². The normalized spacial score (nSPS) is 23.9. The molecular weight excluding hydrogens is 874 g/mol. The molecule has 0 N–H and O–H groups in total. The van der Waals surface area contributed by atoms with Crippen LogP contribution < -0.4 is 0 Å². The van der Waals surface area contributed by atoms with Crippen LogP contribution in [0.15, 0.2) is 93.9 Å². The summed E-state index contributed by atoms with van der Waals surface area (Å²) in [4.78, 5) is 0. The van der Waals surface area contributed by atoms with Crippen molar-refractivity contribution in [3.05, 3.63) is 139 Å². The Bertz CT molecular complexity index is 1510. The van der Waals surface area contributed by atoms with Crippen molar-refractivity contribution in [3.63, 3.8) is 0 Å². The van der Waals surface area contributed by atoms with E-state index in [4.69, 9.17) is 46.4 Å². The van der Waals surface area contributed by atoms with Gasteiger partial charge in [-0.1, -0.05) is 82.8 Å². The van der Waals surface area contributed by atoms with E-state index < -0.39 is 11.6 Å². The Kier molecular flexibility index (Phi) is 22.2. The Balaban J connectivity index is 0.000000189. The Morgan fingerprint density at radius 1 is 0.456 bits per heavy atom. The Labute approximate surface area is 367 Å². The van der Waals surface area contributed by atoms with E-state index in [1.165, 1.54) is 95.6 Å². The molecule has 3 aromatic rings. The van der Waals surface area contributed by atoms with E-state index in [1.54, 1.807) is 46.9 Å². The van der Waals surface area contributed by atoms with Gasteiger partial charge in [-0.2, -0.15) is 0 Å². The second kappa shape index (κ2) is 26.5. The van der Waals surface area contributed by atoms with Gasteiger partial charge in [-0.15, -0.1) is 0 Å². The largest absolute Gasteiger partial charge is 0.206 e. The zero-order valence-electron chi connectivity index (χ0n) is 32.8. The van der Waals surface area contributed by atoms with Crippen LogP contribution in [0.4, 0.5) is 17.6 Å². The molecule has 3 aromatic carbocycles. The standard InChI is InChI=1S/C16H19BrClF.C16H19Cl2F.C16H19ClF2/c17-15-8-7-14(11-16(15)19)6-5-12-1-3-13(4-2-12)9-10-18;2*17-10-9-13-3-1-12(2-4-13)5-6-14-7-8-15(18)16(19)11-14/h3*7-13H,1-6H2/b3*10-9+. The minimum atomic E-state index is -0.767. The summed E-state index contributed by atoms with van der Waals surface area (Å²) in [6, 6.07) is 14.8. The zero-order chi connectivity index (χ0) is 41.0. The van der Waals surface area contributed by atoms with Gasteiger partial charge in [0, 0.05) is 16.6 Å². The van der Waals surface area contributed by atoms with Crippen molar-refractivity contribution in [1.29, 1.82) is 0 Å². The minimum absolute atomic E-state index is 0.159. The van der Waals surface area contributed by atoms with Gasteiger partial charge in [0.25, 0.3) is 0 Å². The number of hydrogen-bond donors (Lipinski definition) is 0. The molecule has 3 aliphatic rings. The molecule has 0 radical (unpaired) electrons. The van der Waals surface area contributed by atoms with Crippen LogP contribution in [0, 0.1) is 58.8 Å². The second-order valence-electron chi connectivity index (χ2n) is 16.2. The number of benzene rings is 3. The van der Waals surface area contributed by atoms with Gasteiger partial charge in [0.15, 0.2) is 11.6 Å². The predicted molar refractivity (Wildman–Crippen MR) is 238 cm³/mol. The highest BCUT2D eigenvalue weighted by molar-refractivity contribution is 9.10. The third kappa shape index (κ3) is 17.8. The first kappa shape index (κ1) is 47.9. The summed E-state index contributed by atoms with van der Waals surface area (Å²) in [6.45, 7) is 0. The average Bonchev–Trinajstić information content (AvgIpc) is 3.22. The zero-order valence-corrected chi connectivity index (χ0v) is 37.4. The molecule has 312 valence electrons. The van der Waals surface area contributed by atoms with Crippen LogP contribution in [-0.4, -0.2) is 0 Å². The molecule has 0 unspecified atom stereocenters. The first-order valence-corrected chi connectivity index (χ1v) is 23.2. The van der Waals surface area contributed by atoms with Gasteiger partial charge in [0.2, 0.25) is 0 Å². The lowest BCUT2D eigenvalue weighted by atomic mass is 9.79. The molecule has 0 spiro atoms. The van der Waals surface area contributed by atoms with Gasteiger partial charge in [-0.05, 0) is 220 Å². The maximum atomic E-state index is 13.4. The molecule has 0 nitrogen and oxygen atoms in total. The third-order valence-corrected chi connectivity index (χ3v) is 13.6. The molecular formula is C48H57BrCl4F4. The van der Waals surface area contributed by atoms with E-state index in [0.29, 0.717) is 28.1 Å². The van der Waals surface area contributed by atoms with Crippen molar-refractivity contribution in [2.24, 2.45) is 35.5 Å². The SMILES string of the molecule is Fc1cc(CCC2CCC(/C=C/Cl)CC2)ccc1Br.Fc1cc(CCC2CCC(/C=C/Cl)CC2)ccc1Cl.Fc1ccc(CCC2CCC(/C=C/Cl)CC2)cc1F. The quantitative estimate of drug-likeness (QED) is 0.159. The molecule has 57 heavy (non-hydrogen) atoms. The van der Waals surface area contributed by atoms with Crippen molar-refractivity contribution in [2.45, 2.75) is 116 Å². The minimum Gasteiger partial charge on any atom is -0.206 e. The molecule has 0 saturated heterocycles. The molecule has 0 aliphatic heterocycles. The van der Waals surface area contributed by atoms with Crippen LogP contribution in [-0.2, 0) is 19.3 Å². The van der Waals surface area contributed by atoms with Crippen LogP contribution in [0.5, 0.6) is 0 Å². The van der Waals surface area contributed by atoms with E-state index in [1.807, 2.05) is 12.1 Å². The summed E-state index contributed by atoms with van der Waals surface area (Å²) < 4.78 is 53.2. The lowest BCUT2D eigenvalue weighted by Gasteiger charge is -2.26. The topological polar surface area (TPSA) is 0 Å². The third-order valence-electron chi connectivity index (χ3n) is 12.2. The molecule has 0 atom stereocenters. The summed E-state index contributed by atoms with van der Waals surface area (Å²) in [7, 11) is 0. The van der Waals surface area contributed by atoms with Crippen LogP contribution in [0.1, 0.15) is 113 Å². The highest BCUT2D eigenvalue weighted by Gasteiger charge is 2.21. The summed E-state index contributed by atoms with van der Waals surface area (Å²) >= 11 is 25.7. The summed E-state index contributed by atoms with van der Waals surface area (Å²) in [5.41, 5.74) is 7.94. The van der Waals surface area contributed by atoms with E-state index in [-0.39, 0.29) is 16.7 Å². The number of allylic oxidation sites excluding steroid dienone is 3. The highest BCUT2D eigenvalue weighted by Crippen LogP contribution is 2.35. The van der Waals surface area contributed by atoms with Gasteiger partial charge in [0.1, 0.15) is 11.6 Å². The van der Waals surface area contributed by atoms with Crippen LogP contribution in [0.25, 0.3) is 0 Å². The van der Waals surface area contributed by atoms with Crippen molar-refractivity contribution < 1.29 is 17.6 Å². The summed E-state index contributed by atoms with van der Waals surface area (Å²) in [6.07, 6.45) is 27.1. The lowest BCUT2D eigenvalue weighted by Crippen LogP contribution is -2.13. The molecule has 9 heteroatoms. The second-order valence-corrected chi connectivity index (χ2v) is 18.2. The van der Waals surface area contributed by atoms with Gasteiger partial charge in [-0.3, -0.25) is 0 Å². The lowest BCUT2D eigenvalue weighted by molar-refractivity contribution is 0.296. The van der Waals surface area contributed by atoms with Crippen LogP contribution in [0.2, 0.25) is 5.02 Å². The fraction of sp³-hybridized carbons (Fsp3) is 0.500. The smallest absolute Gasteiger partial charge is 0.159 e. The maximum absolute atomic E-state index is 13.4. The Morgan fingerprint density at radius 3 is 1.16 bits per heavy atom. The highest BCUT2D eigenvalue weighted by atomic mass is 79.9. The summed E-state index contributed by atoms with van der Waals surface area (Å²) in [5, 5.41) is 0.206. The average molecular weight is 932 g/mol. The molecule has 0 aromatic heterocycles. The van der Waals surface area contributed by atoms with E-state index in [9.17, 15) is 17.6 Å². The summed E-state index contributed by atoms with van der Waals surface area (Å²) in [5.74, 6) is 2.21. The fourth-order valence-electron chi connectivity index (χ4n) is 8.51. The monoisotopic (exact) mass is 928 g/mol. The van der Waals surface area contributed by atoms with Gasteiger partial charge >= 0.3 is 0 Å².